The Hall–Kier alpha value is -3.79. The maximum atomic E-state index is 12.5. The minimum absolute atomic E-state index is 0.0289. The number of benzene rings is 2. The molecule has 0 spiro atoms. The Bertz CT molecular complexity index is 990. The molecule has 3 rings (SSSR count). The zero-order valence-corrected chi connectivity index (χ0v) is 17.4. The molecule has 31 heavy (non-hydrogen) atoms. The van der Waals surface area contributed by atoms with Crippen LogP contribution in [0.2, 0.25) is 0 Å². The first-order valence-corrected chi connectivity index (χ1v) is 10.2. The van der Waals surface area contributed by atoms with Gasteiger partial charge in [0.25, 0.3) is 11.8 Å². The van der Waals surface area contributed by atoms with Crippen LogP contribution in [-0.4, -0.2) is 31.6 Å². The lowest BCUT2D eigenvalue weighted by Crippen LogP contribution is -2.33. The van der Waals surface area contributed by atoms with Crippen LogP contribution in [0.4, 0.5) is 5.69 Å². The van der Waals surface area contributed by atoms with Crippen LogP contribution in [0.1, 0.15) is 31.2 Å². The van der Waals surface area contributed by atoms with Crippen molar-refractivity contribution < 1.29 is 19.1 Å². The fraction of sp³-hybridized carbons (Fsp3) is 0.292. The molecule has 0 bridgehead atoms. The van der Waals surface area contributed by atoms with Gasteiger partial charge in [-0.1, -0.05) is 43.2 Å². The first-order valence-electron chi connectivity index (χ1n) is 10.2. The number of rotatable bonds is 8. The second-order valence-corrected chi connectivity index (χ2v) is 7.21. The Balaban J connectivity index is 1.75. The predicted molar refractivity (Wildman–Crippen MR) is 118 cm³/mol. The minimum Gasteiger partial charge on any atom is -0.493 e. The van der Waals surface area contributed by atoms with Gasteiger partial charge in [0, 0.05) is 17.3 Å². The highest BCUT2D eigenvalue weighted by molar-refractivity contribution is 6.02. The van der Waals surface area contributed by atoms with E-state index in [-0.39, 0.29) is 29.9 Å². The topological polar surface area (TPSA) is 100 Å². The van der Waals surface area contributed by atoms with Gasteiger partial charge >= 0.3 is 0 Å². The molecule has 0 unspecified atom stereocenters. The number of nitrogens with one attached hydrogen (secondary N) is 2. The van der Waals surface area contributed by atoms with E-state index in [2.05, 4.69) is 10.6 Å². The molecule has 1 fully saturated rings. The predicted octanol–water partition coefficient (Wildman–Crippen LogP) is 3.68. The number of methoxy groups -OCH3 is 1. The van der Waals surface area contributed by atoms with Gasteiger partial charge in [-0.15, -0.1) is 0 Å². The van der Waals surface area contributed by atoms with Crippen LogP contribution in [0.25, 0.3) is 6.08 Å². The van der Waals surface area contributed by atoms with E-state index in [1.807, 2.05) is 24.3 Å². The van der Waals surface area contributed by atoms with Crippen LogP contribution in [0, 0.1) is 11.3 Å². The fourth-order valence-electron chi connectivity index (χ4n) is 3.46. The van der Waals surface area contributed by atoms with Gasteiger partial charge in [-0.2, -0.15) is 5.26 Å². The molecule has 7 heteroatoms. The average Bonchev–Trinajstić information content (AvgIpc) is 3.29. The average molecular weight is 419 g/mol. The Labute approximate surface area is 181 Å². The maximum Gasteiger partial charge on any atom is 0.262 e. The number of nitrogens with zero attached hydrogens (tertiary/aromatic N) is 1. The number of ether oxygens (including phenoxy) is 2. The van der Waals surface area contributed by atoms with Crippen molar-refractivity contribution in [1.82, 2.24) is 5.32 Å². The van der Waals surface area contributed by atoms with Crippen LogP contribution in [0.15, 0.2) is 54.1 Å². The third-order valence-corrected chi connectivity index (χ3v) is 4.99. The van der Waals surface area contributed by atoms with Gasteiger partial charge in [-0.05, 0) is 37.1 Å². The number of carbonyl (C=O) groups is 2. The molecule has 1 saturated carbocycles. The number of nitriles is 1. The standard InChI is InChI=1S/C24H25N3O4/c1-30-21-13-7-8-17(14-18(15-25)24(29)27-20-11-5-6-12-20)23(21)31-16-22(28)26-19-9-3-2-4-10-19/h2-4,7-10,13-14,20H,5-6,11-12,16H2,1H3,(H,26,28)(H,27,29)/b18-14-. The minimum atomic E-state index is -0.412. The number of amides is 2. The monoisotopic (exact) mass is 419 g/mol. The van der Waals surface area contributed by atoms with E-state index >= 15 is 0 Å². The number of anilines is 1. The van der Waals surface area contributed by atoms with Crippen molar-refractivity contribution in [1.29, 1.82) is 5.26 Å². The highest BCUT2D eigenvalue weighted by Crippen LogP contribution is 2.32. The molecule has 0 aromatic heterocycles. The Morgan fingerprint density at radius 1 is 1.13 bits per heavy atom. The van der Waals surface area contributed by atoms with Crippen molar-refractivity contribution in [2.45, 2.75) is 31.7 Å². The lowest BCUT2D eigenvalue weighted by atomic mass is 10.1. The molecule has 2 N–H and O–H groups in total. The molecule has 0 saturated heterocycles. The zero-order chi connectivity index (χ0) is 22.1. The highest BCUT2D eigenvalue weighted by Gasteiger charge is 2.20. The van der Waals surface area contributed by atoms with Crippen LogP contribution in [0.5, 0.6) is 11.5 Å². The molecular formula is C24H25N3O4. The molecular weight excluding hydrogens is 394 g/mol. The second-order valence-electron chi connectivity index (χ2n) is 7.21. The molecule has 2 aromatic carbocycles. The summed E-state index contributed by atoms with van der Waals surface area (Å²) in [6, 6.07) is 16.2. The molecule has 7 nitrogen and oxygen atoms in total. The largest absolute Gasteiger partial charge is 0.493 e. The summed E-state index contributed by atoms with van der Waals surface area (Å²) in [5.41, 5.74) is 1.11. The van der Waals surface area contributed by atoms with Gasteiger partial charge < -0.3 is 20.1 Å². The summed E-state index contributed by atoms with van der Waals surface area (Å²) >= 11 is 0. The van der Waals surface area contributed by atoms with E-state index in [0.29, 0.717) is 17.0 Å². The molecule has 0 aliphatic heterocycles. The van der Waals surface area contributed by atoms with Crippen molar-refractivity contribution in [2.75, 3.05) is 19.0 Å². The van der Waals surface area contributed by atoms with Crippen molar-refractivity contribution in [2.24, 2.45) is 0 Å². The third kappa shape index (κ3) is 6.09. The van der Waals surface area contributed by atoms with Crippen LogP contribution < -0.4 is 20.1 Å². The van der Waals surface area contributed by atoms with E-state index < -0.39 is 5.91 Å². The SMILES string of the molecule is COc1cccc(/C=C(/C#N)C(=O)NC2CCCC2)c1OCC(=O)Nc1ccccc1. The maximum absolute atomic E-state index is 12.5. The molecule has 2 aromatic rings. The summed E-state index contributed by atoms with van der Waals surface area (Å²) in [6.45, 7) is -0.258. The van der Waals surface area contributed by atoms with Gasteiger partial charge in [0.2, 0.25) is 0 Å². The van der Waals surface area contributed by atoms with Gasteiger partial charge in [-0.25, -0.2) is 0 Å². The summed E-state index contributed by atoms with van der Waals surface area (Å²) < 4.78 is 11.1. The van der Waals surface area contributed by atoms with Crippen molar-refractivity contribution >= 4 is 23.6 Å². The molecule has 0 atom stereocenters. The van der Waals surface area contributed by atoms with E-state index in [1.54, 1.807) is 30.3 Å². The van der Waals surface area contributed by atoms with Gasteiger partial charge in [-0.3, -0.25) is 9.59 Å². The van der Waals surface area contributed by atoms with Crippen molar-refractivity contribution in [3.63, 3.8) is 0 Å². The van der Waals surface area contributed by atoms with Gasteiger partial charge in [0.1, 0.15) is 11.6 Å². The number of para-hydroxylation sites is 2. The normalized spacial score (nSPS) is 13.9. The van der Waals surface area contributed by atoms with Crippen LogP contribution in [0.3, 0.4) is 0 Å². The molecule has 1 aliphatic rings. The van der Waals surface area contributed by atoms with E-state index in [9.17, 15) is 14.9 Å². The quantitative estimate of drug-likeness (QED) is 0.502. The summed E-state index contributed by atoms with van der Waals surface area (Å²) in [6.07, 6.45) is 5.46. The summed E-state index contributed by atoms with van der Waals surface area (Å²) in [5, 5.41) is 15.2. The van der Waals surface area contributed by atoms with E-state index in [4.69, 9.17) is 9.47 Å². The number of hydrogen-bond donors (Lipinski definition) is 2. The second kappa shape index (κ2) is 10.8. The molecule has 0 heterocycles. The first-order chi connectivity index (χ1) is 15.1. The zero-order valence-electron chi connectivity index (χ0n) is 17.4. The summed E-state index contributed by atoms with van der Waals surface area (Å²) in [5.74, 6) is -0.0686. The molecule has 160 valence electrons. The fourth-order valence-corrected chi connectivity index (χ4v) is 3.46. The summed E-state index contributed by atoms with van der Waals surface area (Å²) in [4.78, 5) is 24.8. The van der Waals surface area contributed by atoms with Crippen LogP contribution in [-0.2, 0) is 9.59 Å². The lowest BCUT2D eigenvalue weighted by Gasteiger charge is -2.14. The Morgan fingerprint density at radius 3 is 2.55 bits per heavy atom. The number of carbonyl (C=O) groups excluding carboxylic acids is 2. The highest BCUT2D eigenvalue weighted by atomic mass is 16.5. The third-order valence-electron chi connectivity index (χ3n) is 4.99. The number of hydrogen-bond acceptors (Lipinski definition) is 5. The molecule has 2 amide bonds. The smallest absolute Gasteiger partial charge is 0.262 e. The van der Waals surface area contributed by atoms with Crippen LogP contribution >= 0.6 is 0 Å². The van der Waals surface area contributed by atoms with Gasteiger partial charge in [0.05, 0.1) is 7.11 Å². The van der Waals surface area contributed by atoms with Crippen molar-refractivity contribution in [3.8, 4) is 17.6 Å². The van der Waals surface area contributed by atoms with E-state index in [1.165, 1.54) is 13.2 Å². The van der Waals surface area contributed by atoms with E-state index in [0.717, 1.165) is 25.7 Å². The summed E-state index contributed by atoms with van der Waals surface area (Å²) in [7, 11) is 1.48. The Kier molecular flexibility index (Phi) is 7.66. The molecule has 1 aliphatic carbocycles. The first kappa shape index (κ1) is 21.9. The Morgan fingerprint density at radius 2 is 1.87 bits per heavy atom. The molecule has 0 radical (unpaired) electrons. The van der Waals surface area contributed by atoms with Crippen molar-refractivity contribution in [3.05, 3.63) is 59.7 Å². The lowest BCUT2D eigenvalue weighted by molar-refractivity contribution is -0.118. The van der Waals surface area contributed by atoms with Gasteiger partial charge in [0.15, 0.2) is 18.1 Å².